The Balaban J connectivity index is 0.000000748. The first-order valence-corrected chi connectivity index (χ1v) is 18.7. The molecule has 0 fully saturated rings. The minimum atomic E-state index is -4.82. The number of hydrogen-bond acceptors (Lipinski definition) is 11. The van der Waals surface area contributed by atoms with E-state index < -0.39 is 74.4 Å². The molecule has 6 aromatic rings. The molecule has 0 amide bonds. The molecule has 0 aliphatic heterocycles. The third kappa shape index (κ3) is 21.3. The summed E-state index contributed by atoms with van der Waals surface area (Å²) in [6, 6.07) is 21.1. The van der Waals surface area contributed by atoms with Gasteiger partial charge in [0.25, 0.3) is 0 Å². The molecule has 0 saturated carbocycles. The Labute approximate surface area is 466 Å². The van der Waals surface area contributed by atoms with Crippen molar-refractivity contribution in [3.8, 4) is 0 Å². The van der Waals surface area contributed by atoms with Crippen molar-refractivity contribution in [2.75, 3.05) is 0 Å². The van der Waals surface area contributed by atoms with Gasteiger partial charge in [0.2, 0.25) is 0 Å². The Morgan fingerprint density at radius 3 is 0.915 bits per heavy atom. The van der Waals surface area contributed by atoms with Gasteiger partial charge in [0.15, 0.2) is 0 Å². The topological polar surface area (TPSA) is 164 Å². The third-order valence-electron chi connectivity index (χ3n) is 7.31. The zero-order valence-corrected chi connectivity index (χ0v) is 39.2. The summed E-state index contributed by atoms with van der Waals surface area (Å²) < 4.78 is 106. The second kappa shape index (κ2) is 28.8. The van der Waals surface area contributed by atoms with Crippen LogP contribution in [0.5, 0.6) is 0 Å². The SMILES string of the molecule is [Eu+2].[Eu+2].[Eu+2].[O-]C(CC([O-])C(F)(F)F)c1cccs1.[O-]C(CC([O-])C(F)(F)F)c1cccs1.[O-]C(CC([O-])C(F)(F)F)c1cccs1.c1cnc2c(c1)ccc1cccnc12. The molecule has 6 rings (SSSR count). The van der Waals surface area contributed by atoms with Crippen molar-refractivity contribution < 1.29 is 218 Å². The summed E-state index contributed by atoms with van der Waals surface area (Å²) >= 11 is 3.19. The van der Waals surface area contributed by atoms with Gasteiger partial charge in [0.1, 0.15) is 0 Å². The summed E-state index contributed by atoms with van der Waals surface area (Å²) in [5.41, 5.74) is 1.95. The summed E-state index contributed by atoms with van der Waals surface area (Å²) in [7, 11) is 0. The van der Waals surface area contributed by atoms with Gasteiger partial charge < -0.3 is 30.6 Å². The maximum absolute atomic E-state index is 11.8. The van der Waals surface area contributed by atoms with Crippen LogP contribution in [-0.2, 0) is 0 Å². The van der Waals surface area contributed by atoms with E-state index in [4.69, 9.17) is 0 Å². The largest absolute Gasteiger partial charge is 2.00 e. The maximum Gasteiger partial charge on any atom is 2.00 e. The quantitative estimate of drug-likeness (QED) is 0.140. The Morgan fingerprint density at radius 2 is 0.695 bits per heavy atom. The molecule has 0 N–H and O–H groups in total. The van der Waals surface area contributed by atoms with E-state index in [-0.39, 0.29) is 163 Å². The van der Waals surface area contributed by atoms with E-state index in [0.717, 1.165) is 55.8 Å². The maximum atomic E-state index is 11.8. The van der Waals surface area contributed by atoms with Crippen LogP contribution >= 0.6 is 34.0 Å². The minimum Gasteiger partial charge on any atom is -0.848 e. The molecule has 321 valence electrons. The second-order valence-corrected chi connectivity index (χ2v) is 14.5. The van der Waals surface area contributed by atoms with Gasteiger partial charge >= 0.3 is 167 Å². The number of aromatic nitrogens is 2. The van der Waals surface area contributed by atoms with E-state index in [2.05, 4.69) is 34.2 Å². The van der Waals surface area contributed by atoms with Gasteiger partial charge in [0.05, 0.1) is 11.0 Å². The summed E-state index contributed by atoms with van der Waals surface area (Å²) in [5, 5.41) is 72.1. The normalized spacial score (nSPS) is 14.4. The van der Waals surface area contributed by atoms with Crippen LogP contribution in [0.3, 0.4) is 0 Å². The predicted octanol–water partition coefficient (Wildman–Crippen LogP) is 5.28. The summed E-state index contributed by atoms with van der Waals surface area (Å²) in [6.07, 6.45) is -26.7. The van der Waals surface area contributed by atoms with Crippen molar-refractivity contribution in [2.45, 2.75) is 74.4 Å². The van der Waals surface area contributed by atoms with E-state index >= 15 is 0 Å². The monoisotopic (exact) mass is 1310 g/mol. The molecular formula is C36H29Eu3F9N2O6S3. The fourth-order valence-corrected chi connectivity index (χ4v) is 6.59. The third-order valence-corrected chi connectivity index (χ3v) is 10.2. The van der Waals surface area contributed by atoms with Gasteiger partial charge in [-0.15, -0.1) is 0 Å². The average molecular weight is 1310 g/mol. The summed E-state index contributed by atoms with van der Waals surface area (Å²) in [4.78, 5) is 9.51. The average Bonchev–Trinajstić information content (AvgIpc) is 3.96. The molecule has 1 aromatic carbocycles. The van der Waals surface area contributed by atoms with Gasteiger partial charge in [0, 0.05) is 23.2 Å². The zero-order chi connectivity index (χ0) is 41.7. The summed E-state index contributed by atoms with van der Waals surface area (Å²) in [6.45, 7) is 0. The van der Waals surface area contributed by atoms with Gasteiger partial charge in [-0.2, -0.15) is 73.5 Å². The first-order chi connectivity index (χ1) is 26.2. The van der Waals surface area contributed by atoms with Crippen molar-refractivity contribution >= 4 is 55.8 Å². The van der Waals surface area contributed by atoms with E-state index in [9.17, 15) is 70.2 Å². The zero-order valence-electron chi connectivity index (χ0n) is 29.5. The molecule has 0 aliphatic rings. The number of fused-ring (bicyclic) bond motifs is 3. The van der Waals surface area contributed by atoms with Crippen LogP contribution in [0.2, 0.25) is 0 Å². The predicted molar refractivity (Wildman–Crippen MR) is 182 cm³/mol. The fourth-order valence-electron chi connectivity index (χ4n) is 4.44. The smallest absolute Gasteiger partial charge is 0.848 e. The van der Waals surface area contributed by atoms with Gasteiger partial charge in [-0.1, -0.05) is 80.0 Å². The number of pyridine rings is 2. The Kier molecular flexibility index (Phi) is 29.3. The molecule has 59 heavy (non-hydrogen) atoms. The Morgan fingerprint density at radius 1 is 0.424 bits per heavy atom. The molecule has 6 unspecified atom stereocenters. The van der Waals surface area contributed by atoms with Gasteiger partial charge in [-0.3, -0.25) is 9.97 Å². The molecule has 5 aromatic heterocycles. The number of halogens is 9. The number of hydrogen-bond donors (Lipinski definition) is 0. The van der Waals surface area contributed by atoms with Crippen LogP contribution in [0.25, 0.3) is 21.8 Å². The molecule has 0 bridgehead atoms. The van der Waals surface area contributed by atoms with Crippen LogP contribution in [0.15, 0.2) is 101 Å². The van der Waals surface area contributed by atoms with Crippen LogP contribution in [0, 0.1) is 148 Å². The van der Waals surface area contributed by atoms with Crippen LogP contribution < -0.4 is 30.6 Å². The molecule has 0 aliphatic carbocycles. The molecule has 23 heteroatoms. The fraction of sp³-hybridized carbons (Fsp3) is 0.333. The van der Waals surface area contributed by atoms with Crippen molar-refractivity contribution in [1.82, 2.24) is 9.97 Å². The summed E-state index contributed by atoms with van der Waals surface area (Å²) in [5.74, 6) is 0. The number of alkyl halides is 9. The van der Waals surface area contributed by atoms with E-state index in [1.54, 1.807) is 46.7 Å². The Hall–Kier alpha value is 1.02. The number of thiophene rings is 3. The van der Waals surface area contributed by atoms with Crippen LogP contribution in [0.1, 0.15) is 52.2 Å². The molecule has 0 saturated heterocycles. The molecule has 5 heterocycles. The molecule has 8 nitrogen and oxygen atoms in total. The van der Waals surface area contributed by atoms with Crippen molar-refractivity contribution in [1.29, 1.82) is 0 Å². The molecular weight excluding hydrogens is 1280 g/mol. The van der Waals surface area contributed by atoms with Gasteiger partial charge in [-0.25, -0.2) is 0 Å². The number of nitrogens with zero attached hydrogens (tertiary/aromatic N) is 2. The number of rotatable bonds is 9. The van der Waals surface area contributed by atoms with Crippen LogP contribution in [-0.4, -0.2) is 46.8 Å². The molecule has 0 spiro atoms. The van der Waals surface area contributed by atoms with Crippen molar-refractivity contribution in [2.24, 2.45) is 0 Å². The minimum absolute atomic E-state index is 0. The number of benzene rings is 1. The van der Waals surface area contributed by atoms with Crippen molar-refractivity contribution in [3.63, 3.8) is 0 Å². The van der Waals surface area contributed by atoms with E-state index in [0.29, 0.717) is 0 Å². The second-order valence-electron chi connectivity index (χ2n) is 11.5. The van der Waals surface area contributed by atoms with Crippen molar-refractivity contribution in [3.05, 3.63) is 116 Å². The first kappa shape index (κ1) is 60.0. The van der Waals surface area contributed by atoms with E-state index in [1.165, 1.54) is 18.2 Å². The molecule has 3 radical (unpaired) electrons. The van der Waals surface area contributed by atoms with Crippen LogP contribution in [0.4, 0.5) is 39.5 Å². The van der Waals surface area contributed by atoms with Gasteiger partial charge in [-0.05, 0) is 79.4 Å². The Bertz CT molecular complexity index is 1800. The standard InChI is InChI=1S/C12H8N2.3C8H7F3O2S.3Eu/c1-3-9-5-6-10-4-2-8-14-12(10)11(9)13-7-1;3*9-8(10,11)7(13)4-5(12)6-2-1-3-14-6;;;/h1-8H;3*1-3,5,7H,4H2;;;/q;3*-2;3*+2. The molecule has 6 atom stereocenters. The van der Waals surface area contributed by atoms with E-state index in [1.807, 2.05) is 12.1 Å². The first-order valence-electron chi connectivity index (χ1n) is 16.0.